The molecule has 4 nitrogen and oxygen atoms in total. The van der Waals surface area contributed by atoms with Gasteiger partial charge in [0.15, 0.2) is 0 Å². The number of nitrogens with zero attached hydrogens (tertiary/aromatic N) is 3. The number of hydrogen-bond donors (Lipinski definition) is 1. The van der Waals surface area contributed by atoms with E-state index in [1.165, 1.54) is 22.3 Å². The summed E-state index contributed by atoms with van der Waals surface area (Å²) in [5.41, 5.74) is 20.2. The normalized spacial score (nSPS) is 11.7. The molecule has 10 rings (SSSR count). The van der Waals surface area contributed by atoms with Gasteiger partial charge >= 0.3 is 0 Å². The molecule has 2 heterocycles. The van der Waals surface area contributed by atoms with E-state index in [1.807, 2.05) is 25.3 Å². The van der Waals surface area contributed by atoms with E-state index in [0.29, 0.717) is 11.4 Å². The van der Waals surface area contributed by atoms with Crippen molar-refractivity contribution in [1.82, 2.24) is 14.5 Å². The Morgan fingerprint density at radius 2 is 1.12 bits per heavy atom. The molecule has 69 heavy (non-hydrogen) atoms. The second-order valence-electron chi connectivity index (χ2n) is 20.1. The van der Waals surface area contributed by atoms with Crippen molar-refractivity contribution in [2.45, 2.75) is 66.2 Å². The zero-order valence-electron chi connectivity index (χ0n) is 40.5. The van der Waals surface area contributed by atoms with Gasteiger partial charge in [-0.05, 0) is 116 Å². The minimum atomic E-state index is -0.168. The number of aromatic hydroxyl groups is 1. The molecule has 0 aliphatic rings. The van der Waals surface area contributed by atoms with E-state index < -0.39 is 0 Å². The molecular formula is C64H56N3OPt-. The topological polar surface area (TPSA) is 50.9 Å². The van der Waals surface area contributed by atoms with Gasteiger partial charge in [-0.25, -0.2) is 4.98 Å². The zero-order valence-corrected chi connectivity index (χ0v) is 42.8. The number of phenols is 1. The van der Waals surface area contributed by atoms with Crippen LogP contribution in [0.5, 0.6) is 5.75 Å². The Morgan fingerprint density at radius 1 is 0.493 bits per heavy atom. The molecule has 0 bridgehead atoms. The van der Waals surface area contributed by atoms with Gasteiger partial charge in [0.05, 0.1) is 22.3 Å². The molecule has 0 amide bonds. The van der Waals surface area contributed by atoms with Gasteiger partial charge in [0, 0.05) is 33.0 Å². The molecule has 0 saturated heterocycles. The minimum absolute atomic E-state index is 0. The summed E-state index contributed by atoms with van der Waals surface area (Å²) < 4.78 is 2.25. The summed E-state index contributed by atoms with van der Waals surface area (Å²) >= 11 is 0. The van der Waals surface area contributed by atoms with Crippen LogP contribution < -0.4 is 0 Å². The van der Waals surface area contributed by atoms with Gasteiger partial charge in [-0.15, -0.1) is 23.8 Å². The number of rotatable bonds is 8. The Hall–Kier alpha value is -7.13. The van der Waals surface area contributed by atoms with Crippen molar-refractivity contribution in [3.8, 4) is 89.7 Å². The quantitative estimate of drug-likeness (QED) is 0.154. The van der Waals surface area contributed by atoms with Crippen molar-refractivity contribution in [2.75, 3.05) is 0 Å². The van der Waals surface area contributed by atoms with Crippen molar-refractivity contribution in [3.63, 3.8) is 0 Å². The van der Waals surface area contributed by atoms with E-state index in [0.717, 1.165) is 83.6 Å². The van der Waals surface area contributed by atoms with E-state index >= 15 is 0 Å². The van der Waals surface area contributed by atoms with Gasteiger partial charge in [-0.2, -0.15) is 0 Å². The Bertz CT molecular complexity index is 3490. The van der Waals surface area contributed by atoms with Crippen LogP contribution in [0, 0.1) is 19.9 Å². The molecular weight excluding hydrogens is 1020 g/mol. The molecule has 0 aliphatic carbocycles. The molecule has 0 spiro atoms. The summed E-state index contributed by atoms with van der Waals surface area (Å²) in [7, 11) is 0. The van der Waals surface area contributed by atoms with Gasteiger partial charge in [0.2, 0.25) is 0 Å². The first-order chi connectivity index (χ1) is 32.7. The van der Waals surface area contributed by atoms with E-state index in [-0.39, 0.29) is 37.6 Å². The van der Waals surface area contributed by atoms with Crippen LogP contribution in [0.2, 0.25) is 0 Å². The predicted octanol–water partition coefficient (Wildman–Crippen LogP) is 16.8. The number of aryl methyl sites for hydroxylation is 2. The molecule has 10 aromatic rings. The van der Waals surface area contributed by atoms with Gasteiger partial charge in [-0.1, -0.05) is 198 Å². The number of aromatic nitrogens is 3. The molecule has 0 saturated carbocycles. The van der Waals surface area contributed by atoms with Crippen LogP contribution in [0.1, 0.15) is 63.8 Å². The van der Waals surface area contributed by atoms with Crippen LogP contribution in [-0.2, 0) is 31.9 Å². The SMILES string of the molecule is Cc1cc(-c2c(-c3ccccc3)cccc2C(C)(C)C)ccc1-n1c(-c2cc(C(C)(C)C)cc(C)c2O)nc2c(-c3[c-]c(-c4cc(-c5ccccc5)ccn4)cc(-c4ccccc4)c3)cccc21.[Pt]. The maximum Gasteiger partial charge on any atom is 0.148 e. The van der Waals surface area contributed by atoms with Gasteiger partial charge < -0.3 is 5.11 Å². The fourth-order valence-corrected chi connectivity index (χ4v) is 9.57. The second-order valence-corrected chi connectivity index (χ2v) is 20.1. The fraction of sp³-hybridized carbons (Fsp3) is 0.156. The molecule has 0 unspecified atom stereocenters. The molecule has 0 aliphatic heterocycles. The Balaban J connectivity index is 0.00000593. The Labute approximate surface area is 421 Å². The molecule has 8 aromatic carbocycles. The van der Waals surface area contributed by atoms with E-state index in [4.69, 9.17) is 9.97 Å². The van der Waals surface area contributed by atoms with Gasteiger partial charge in [-0.3, -0.25) is 9.55 Å². The number of para-hydroxylation sites is 1. The number of benzene rings is 8. The summed E-state index contributed by atoms with van der Waals surface area (Å²) in [6, 6.07) is 68.2. The van der Waals surface area contributed by atoms with Crippen molar-refractivity contribution in [3.05, 3.63) is 217 Å². The molecule has 1 N–H and O–H groups in total. The largest absolute Gasteiger partial charge is 0.507 e. The number of fused-ring (bicyclic) bond motifs is 1. The number of pyridine rings is 1. The molecule has 2 aromatic heterocycles. The number of hydrogen-bond acceptors (Lipinski definition) is 3. The standard InChI is InChI=1S/C64H56N3O.Pt/c1-41-34-47(59-52(45-24-16-11-17-25-45)26-18-28-55(59)64(6,7)8)30-31-57(41)67-58-29-19-27-53(60(58)66-62(67)54-40-51(63(3,4)5)35-42(2)61(54)68)49-36-48(44-22-14-10-15-23-44)37-50(38-49)56-39-46(32-33-65-56)43-20-12-9-13-21-43;/h9-37,39-40,68H,1-8H3;/q-1;. The number of imidazole rings is 1. The zero-order chi connectivity index (χ0) is 47.3. The van der Waals surface area contributed by atoms with Crippen molar-refractivity contribution >= 4 is 11.0 Å². The van der Waals surface area contributed by atoms with Gasteiger partial charge in [0.25, 0.3) is 0 Å². The predicted molar refractivity (Wildman–Crippen MR) is 284 cm³/mol. The summed E-state index contributed by atoms with van der Waals surface area (Å²) in [4.78, 5) is 10.5. The summed E-state index contributed by atoms with van der Waals surface area (Å²) in [5.74, 6) is 0.896. The number of phenolic OH excluding ortho intramolecular Hbond substituents is 1. The first kappa shape index (κ1) is 47.0. The van der Waals surface area contributed by atoms with Crippen LogP contribution >= 0.6 is 0 Å². The molecule has 0 atom stereocenters. The first-order valence-electron chi connectivity index (χ1n) is 23.5. The van der Waals surface area contributed by atoms with Crippen LogP contribution in [0.4, 0.5) is 0 Å². The first-order valence-corrected chi connectivity index (χ1v) is 23.5. The third-order valence-corrected chi connectivity index (χ3v) is 13.2. The van der Waals surface area contributed by atoms with Crippen molar-refractivity contribution in [1.29, 1.82) is 0 Å². The fourth-order valence-electron chi connectivity index (χ4n) is 9.57. The summed E-state index contributed by atoms with van der Waals surface area (Å²) in [6.07, 6.45) is 1.88. The molecule has 0 fully saturated rings. The van der Waals surface area contributed by atoms with Crippen molar-refractivity contribution in [2.24, 2.45) is 0 Å². The van der Waals surface area contributed by atoms with E-state index in [2.05, 4.69) is 229 Å². The summed E-state index contributed by atoms with van der Waals surface area (Å²) in [5, 5.41) is 12.1. The monoisotopic (exact) mass is 1080 g/mol. The minimum Gasteiger partial charge on any atom is -0.507 e. The third-order valence-electron chi connectivity index (χ3n) is 13.2. The van der Waals surface area contributed by atoms with E-state index in [9.17, 15) is 5.11 Å². The molecule has 5 heteroatoms. The maximum absolute atomic E-state index is 12.1. The average molecular weight is 1080 g/mol. The maximum atomic E-state index is 12.1. The van der Waals surface area contributed by atoms with Crippen LogP contribution in [-0.4, -0.2) is 19.6 Å². The Morgan fingerprint density at radius 3 is 1.77 bits per heavy atom. The summed E-state index contributed by atoms with van der Waals surface area (Å²) in [6.45, 7) is 17.7. The Kier molecular flexibility index (Phi) is 12.8. The average Bonchev–Trinajstić information content (AvgIpc) is 3.74. The second kappa shape index (κ2) is 18.7. The molecule has 344 valence electrons. The van der Waals surface area contributed by atoms with Gasteiger partial charge in [0.1, 0.15) is 11.6 Å². The van der Waals surface area contributed by atoms with Crippen LogP contribution in [0.15, 0.2) is 188 Å². The van der Waals surface area contributed by atoms with Crippen LogP contribution in [0.3, 0.4) is 0 Å². The van der Waals surface area contributed by atoms with Crippen LogP contribution in [0.25, 0.3) is 95.0 Å². The third kappa shape index (κ3) is 9.15. The molecule has 0 radical (unpaired) electrons. The van der Waals surface area contributed by atoms with E-state index in [1.54, 1.807) is 0 Å². The smallest absolute Gasteiger partial charge is 0.148 e. The van der Waals surface area contributed by atoms with Crippen molar-refractivity contribution < 1.29 is 26.2 Å².